The summed E-state index contributed by atoms with van der Waals surface area (Å²) in [6.45, 7) is 0.615. The van der Waals surface area contributed by atoms with E-state index in [1.54, 1.807) is 24.3 Å². The molecule has 1 aliphatic carbocycles. The Morgan fingerprint density at radius 1 is 0.957 bits per heavy atom. The van der Waals surface area contributed by atoms with Crippen LogP contribution in [0.4, 0.5) is 0 Å². The molecule has 2 aromatic carbocycles. The second kappa shape index (κ2) is 6.86. The average molecular weight is 309 g/mol. The fourth-order valence-electron chi connectivity index (χ4n) is 3.60. The molecule has 1 saturated carbocycles. The molecular weight excluding hydrogens is 286 g/mol. The van der Waals surface area contributed by atoms with Crippen LogP contribution in [0.25, 0.3) is 0 Å². The molecule has 0 unspecified atom stereocenters. The minimum Gasteiger partial charge on any atom is -0.507 e. The number of carbonyl (C=O) groups is 1. The first kappa shape index (κ1) is 15.6. The number of benzene rings is 2. The smallest absolute Gasteiger partial charge is 0.255 e. The molecule has 0 atom stereocenters. The zero-order chi connectivity index (χ0) is 16.1. The molecule has 2 N–H and O–H groups in total. The summed E-state index contributed by atoms with van der Waals surface area (Å²) in [4.78, 5) is 12.4. The van der Waals surface area contributed by atoms with Crippen LogP contribution in [0.2, 0.25) is 0 Å². The van der Waals surface area contributed by atoms with Crippen molar-refractivity contribution in [2.24, 2.45) is 0 Å². The molecule has 0 spiro atoms. The monoisotopic (exact) mass is 309 g/mol. The van der Waals surface area contributed by atoms with Crippen molar-refractivity contribution in [1.29, 1.82) is 0 Å². The van der Waals surface area contributed by atoms with Crippen molar-refractivity contribution in [2.75, 3.05) is 6.54 Å². The van der Waals surface area contributed by atoms with Crippen molar-refractivity contribution in [1.82, 2.24) is 5.32 Å². The summed E-state index contributed by atoms with van der Waals surface area (Å²) in [6.07, 6.45) is 5.85. The van der Waals surface area contributed by atoms with E-state index in [-0.39, 0.29) is 17.1 Å². The SMILES string of the molecule is O=C(NCC1(c2ccccc2)CCCCC1)c1ccccc1O. The van der Waals surface area contributed by atoms with Gasteiger partial charge in [-0.3, -0.25) is 4.79 Å². The molecule has 0 aliphatic heterocycles. The summed E-state index contributed by atoms with van der Waals surface area (Å²) >= 11 is 0. The highest BCUT2D eigenvalue weighted by Crippen LogP contribution is 2.39. The highest BCUT2D eigenvalue weighted by molar-refractivity contribution is 5.96. The van der Waals surface area contributed by atoms with Gasteiger partial charge in [0.05, 0.1) is 5.56 Å². The van der Waals surface area contributed by atoms with E-state index in [4.69, 9.17) is 0 Å². The first-order valence-electron chi connectivity index (χ1n) is 8.33. The molecule has 0 aromatic heterocycles. The zero-order valence-electron chi connectivity index (χ0n) is 13.3. The Morgan fingerprint density at radius 2 is 1.61 bits per heavy atom. The number of rotatable bonds is 4. The maximum absolute atomic E-state index is 12.4. The number of phenols is 1. The second-order valence-electron chi connectivity index (χ2n) is 6.41. The van der Waals surface area contributed by atoms with Gasteiger partial charge in [0, 0.05) is 12.0 Å². The van der Waals surface area contributed by atoms with Crippen LogP contribution in [0.3, 0.4) is 0 Å². The van der Waals surface area contributed by atoms with E-state index in [0.717, 1.165) is 12.8 Å². The molecule has 2 aromatic rings. The van der Waals surface area contributed by atoms with Crippen LogP contribution < -0.4 is 5.32 Å². The van der Waals surface area contributed by atoms with Crippen LogP contribution in [0.5, 0.6) is 5.75 Å². The Kier molecular flexibility index (Phi) is 4.65. The maximum Gasteiger partial charge on any atom is 0.255 e. The summed E-state index contributed by atoms with van der Waals surface area (Å²) in [5.41, 5.74) is 1.66. The fourth-order valence-corrected chi connectivity index (χ4v) is 3.60. The van der Waals surface area contributed by atoms with Gasteiger partial charge in [-0.1, -0.05) is 61.7 Å². The van der Waals surface area contributed by atoms with Crippen molar-refractivity contribution in [3.63, 3.8) is 0 Å². The van der Waals surface area contributed by atoms with Crippen LogP contribution in [0, 0.1) is 0 Å². The molecule has 1 aliphatic rings. The number of amides is 1. The van der Waals surface area contributed by atoms with Crippen LogP contribution in [0.1, 0.15) is 48.0 Å². The number of aromatic hydroxyl groups is 1. The van der Waals surface area contributed by atoms with Gasteiger partial charge in [0.2, 0.25) is 0 Å². The standard InChI is InChI=1S/C20H23NO2/c22-18-12-6-5-11-17(18)19(23)21-15-20(13-7-2-8-14-20)16-9-3-1-4-10-16/h1,3-6,9-12,22H,2,7-8,13-15H2,(H,21,23). The Labute approximate surface area is 137 Å². The van der Waals surface area contributed by atoms with Crippen LogP contribution in [0.15, 0.2) is 54.6 Å². The Balaban J connectivity index is 1.78. The lowest BCUT2D eigenvalue weighted by Gasteiger charge is -2.38. The fraction of sp³-hybridized carbons (Fsp3) is 0.350. The summed E-state index contributed by atoms with van der Waals surface area (Å²) < 4.78 is 0. The lowest BCUT2D eigenvalue weighted by Crippen LogP contribution is -2.42. The molecule has 3 nitrogen and oxygen atoms in total. The molecule has 120 valence electrons. The number of para-hydroxylation sites is 1. The predicted molar refractivity (Wildman–Crippen MR) is 91.6 cm³/mol. The largest absolute Gasteiger partial charge is 0.507 e. The predicted octanol–water partition coefficient (Wildman–Crippen LogP) is 4.02. The van der Waals surface area contributed by atoms with E-state index in [1.807, 2.05) is 6.07 Å². The molecule has 0 radical (unpaired) electrons. The molecule has 3 heteroatoms. The van der Waals surface area contributed by atoms with Gasteiger partial charge in [-0.05, 0) is 30.5 Å². The van der Waals surface area contributed by atoms with E-state index < -0.39 is 0 Å². The summed E-state index contributed by atoms with van der Waals surface area (Å²) in [5.74, 6) is -0.175. The molecule has 0 heterocycles. The highest BCUT2D eigenvalue weighted by Gasteiger charge is 2.34. The molecule has 1 fully saturated rings. The minimum absolute atomic E-state index is 0.0135. The number of phenolic OH excluding ortho intramolecular Hbond substituents is 1. The van der Waals surface area contributed by atoms with Crippen molar-refractivity contribution in [3.05, 3.63) is 65.7 Å². The Hall–Kier alpha value is -2.29. The molecule has 3 rings (SSSR count). The summed E-state index contributed by atoms with van der Waals surface area (Å²) in [7, 11) is 0. The lowest BCUT2D eigenvalue weighted by atomic mass is 9.69. The minimum atomic E-state index is -0.205. The van der Waals surface area contributed by atoms with Crippen molar-refractivity contribution < 1.29 is 9.90 Å². The van der Waals surface area contributed by atoms with Crippen molar-refractivity contribution in [2.45, 2.75) is 37.5 Å². The van der Waals surface area contributed by atoms with Gasteiger partial charge in [0.25, 0.3) is 5.91 Å². The molecule has 0 bridgehead atoms. The zero-order valence-corrected chi connectivity index (χ0v) is 13.3. The van der Waals surface area contributed by atoms with Gasteiger partial charge in [-0.15, -0.1) is 0 Å². The van der Waals surface area contributed by atoms with E-state index in [2.05, 4.69) is 29.6 Å². The van der Waals surface area contributed by atoms with Gasteiger partial charge in [0.15, 0.2) is 0 Å². The number of carbonyl (C=O) groups excluding carboxylic acids is 1. The number of hydrogen-bond donors (Lipinski definition) is 2. The third kappa shape index (κ3) is 3.39. The highest BCUT2D eigenvalue weighted by atomic mass is 16.3. The van der Waals surface area contributed by atoms with Crippen molar-refractivity contribution >= 4 is 5.91 Å². The topological polar surface area (TPSA) is 49.3 Å². The molecule has 23 heavy (non-hydrogen) atoms. The Morgan fingerprint density at radius 3 is 2.30 bits per heavy atom. The molecule has 0 saturated heterocycles. The van der Waals surface area contributed by atoms with Gasteiger partial charge in [-0.25, -0.2) is 0 Å². The lowest BCUT2D eigenvalue weighted by molar-refractivity contribution is 0.0934. The van der Waals surface area contributed by atoms with Gasteiger partial charge < -0.3 is 10.4 Å². The van der Waals surface area contributed by atoms with Crippen molar-refractivity contribution in [3.8, 4) is 5.75 Å². The molecule has 1 amide bonds. The normalized spacial score (nSPS) is 16.7. The van der Waals surface area contributed by atoms with E-state index in [0.29, 0.717) is 12.1 Å². The number of nitrogens with one attached hydrogen (secondary N) is 1. The van der Waals surface area contributed by atoms with E-state index in [9.17, 15) is 9.90 Å². The van der Waals surface area contributed by atoms with Crippen LogP contribution >= 0.6 is 0 Å². The first-order chi connectivity index (χ1) is 11.2. The third-order valence-electron chi connectivity index (χ3n) is 4.93. The number of hydrogen-bond acceptors (Lipinski definition) is 2. The third-order valence-corrected chi connectivity index (χ3v) is 4.93. The van der Waals surface area contributed by atoms with Gasteiger partial charge in [0.1, 0.15) is 5.75 Å². The van der Waals surface area contributed by atoms with E-state index in [1.165, 1.54) is 24.8 Å². The second-order valence-corrected chi connectivity index (χ2v) is 6.41. The summed E-state index contributed by atoms with van der Waals surface area (Å²) in [5, 5.41) is 12.9. The quantitative estimate of drug-likeness (QED) is 0.896. The van der Waals surface area contributed by atoms with E-state index >= 15 is 0 Å². The average Bonchev–Trinajstić information content (AvgIpc) is 2.62. The summed E-state index contributed by atoms with van der Waals surface area (Å²) in [6, 6.07) is 17.2. The van der Waals surface area contributed by atoms with Crippen LogP contribution in [-0.2, 0) is 5.41 Å². The van der Waals surface area contributed by atoms with Crippen LogP contribution in [-0.4, -0.2) is 17.6 Å². The van der Waals surface area contributed by atoms with Gasteiger partial charge in [-0.2, -0.15) is 0 Å². The first-order valence-corrected chi connectivity index (χ1v) is 8.33. The Bertz CT molecular complexity index is 660. The van der Waals surface area contributed by atoms with Gasteiger partial charge >= 0.3 is 0 Å². The maximum atomic E-state index is 12.4. The molecular formula is C20H23NO2.